The number of aromatic amines is 1. The standard InChI is InChI=1S/C15H19N3O/c1-2-4-14(5-3-1)15-12-18(8-9-19-15)7-6-13-10-16-17-11-13/h1-5,10-11,15H,6-9,12H2,(H,16,17)/t15-/m1/s1. The molecule has 4 nitrogen and oxygen atoms in total. The first-order valence-electron chi connectivity index (χ1n) is 6.78. The number of morpholine rings is 1. The lowest BCUT2D eigenvalue weighted by atomic mass is 10.1. The number of hydrogen-bond acceptors (Lipinski definition) is 3. The van der Waals surface area contributed by atoms with Crippen LogP contribution in [0.1, 0.15) is 17.2 Å². The van der Waals surface area contributed by atoms with Gasteiger partial charge in [-0.25, -0.2) is 0 Å². The predicted molar refractivity (Wildman–Crippen MR) is 73.9 cm³/mol. The normalized spacial score (nSPS) is 20.5. The first kappa shape index (κ1) is 12.4. The molecule has 1 fully saturated rings. The van der Waals surface area contributed by atoms with Crippen LogP contribution in [0.15, 0.2) is 42.7 Å². The monoisotopic (exact) mass is 257 g/mol. The molecule has 2 aromatic rings. The Morgan fingerprint density at radius 2 is 2.21 bits per heavy atom. The molecule has 0 aliphatic carbocycles. The van der Waals surface area contributed by atoms with Crippen LogP contribution in [0.5, 0.6) is 0 Å². The molecule has 0 unspecified atom stereocenters. The second-order valence-electron chi connectivity index (χ2n) is 4.93. The van der Waals surface area contributed by atoms with Gasteiger partial charge in [0.1, 0.15) is 0 Å². The highest BCUT2D eigenvalue weighted by atomic mass is 16.5. The molecule has 0 amide bonds. The van der Waals surface area contributed by atoms with Crippen molar-refractivity contribution >= 4 is 0 Å². The molecule has 19 heavy (non-hydrogen) atoms. The minimum Gasteiger partial charge on any atom is -0.371 e. The molecule has 1 N–H and O–H groups in total. The van der Waals surface area contributed by atoms with Gasteiger partial charge in [-0.3, -0.25) is 10.00 Å². The third kappa shape index (κ3) is 3.22. The number of hydrogen-bond donors (Lipinski definition) is 1. The lowest BCUT2D eigenvalue weighted by Crippen LogP contribution is -2.39. The minimum atomic E-state index is 0.208. The Balaban J connectivity index is 1.56. The van der Waals surface area contributed by atoms with Crippen molar-refractivity contribution < 1.29 is 4.74 Å². The first-order chi connectivity index (χ1) is 9.42. The van der Waals surface area contributed by atoms with Crippen molar-refractivity contribution in [1.29, 1.82) is 0 Å². The zero-order valence-corrected chi connectivity index (χ0v) is 11.0. The number of ether oxygens (including phenoxy) is 1. The maximum Gasteiger partial charge on any atom is 0.0952 e. The van der Waals surface area contributed by atoms with Crippen LogP contribution in [0.2, 0.25) is 0 Å². The van der Waals surface area contributed by atoms with E-state index in [1.54, 1.807) is 0 Å². The van der Waals surface area contributed by atoms with Crippen LogP contribution in [0.25, 0.3) is 0 Å². The van der Waals surface area contributed by atoms with Crippen LogP contribution >= 0.6 is 0 Å². The van der Waals surface area contributed by atoms with E-state index in [-0.39, 0.29) is 6.10 Å². The van der Waals surface area contributed by atoms with Gasteiger partial charge in [-0.15, -0.1) is 0 Å². The molecule has 2 heterocycles. The van der Waals surface area contributed by atoms with Crippen LogP contribution in [-0.4, -0.2) is 41.3 Å². The third-order valence-electron chi connectivity index (χ3n) is 3.59. The summed E-state index contributed by atoms with van der Waals surface area (Å²) in [5.41, 5.74) is 2.54. The van der Waals surface area contributed by atoms with Crippen molar-refractivity contribution in [2.24, 2.45) is 0 Å². The summed E-state index contributed by atoms with van der Waals surface area (Å²) in [6, 6.07) is 10.5. The smallest absolute Gasteiger partial charge is 0.0952 e. The van der Waals surface area contributed by atoms with Gasteiger partial charge >= 0.3 is 0 Å². The van der Waals surface area contributed by atoms with E-state index in [1.807, 2.05) is 18.5 Å². The number of nitrogens with one attached hydrogen (secondary N) is 1. The first-order valence-corrected chi connectivity index (χ1v) is 6.78. The number of benzene rings is 1. The van der Waals surface area contributed by atoms with Crippen molar-refractivity contribution in [2.75, 3.05) is 26.2 Å². The Kier molecular flexibility index (Phi) is 3.91. The zero-order valence-electron chi connectivity index (χ0n) is 11.0. The molecule has 1 saturated heterocycles. The van der Waals surface area contributed by atoms with E-state index >= 15 is 0 Å². The summed E-state index contributed by atoms with van der Waals surface area (Å²) in [7, 11) is 0. The lowest BCUT2D eigenvalue weighted by Gasteiger charge is -2.33. The molecule has 1 aromatic carbocycles. The number of rotatable bonds is 4. The third-order valence-corrected chi connectivity index (χ3v) is 3.59. The van der Waals surface area contributed by atoms with Crippen LogP contribution < -0.4 is 0 Å². The summed E-state index contributed by atoms with van der Waals surface area (Å²) in [6.07, 6.45) is 5.11. The van der Waals surface area contributed by atoms with Crippen molar-refractivity contribution in [2.45, 2.75) is 12.5 Å². The summed E-state index contributed by atoms with van der Waals surface area (Å²) in [5.74, 6) is 0. The van der Waals surface area contributed by atoms with Gasteiger partial charge in [-0.2, -0.15) is 5.10 Å². The van der Waals surface area contributed by atoms with E-state index < -0.39 is 0 Å². The Hall–Kier alpha value is -1.65. The maximum atomic E-state index is 5.87. The molecule has 0 spiro atoms. The fraction of sp³-hybridized carbons (Fsp3) is 0.400. The Morgan fingerprint density at radius 3 is 3.00 bits per heavy atom. The number of nitrogens with zero attached hydrogens (tertiary/aromatic N) is 2. The van der Waals surface area contributed by atoms with Crippen LogP contribution in [0.3, 0.4) is 0 Å². The molecule has 1 atom stereocenters. The van der Waals surface area contributed by atoms with Gasteiger partial charge in [0.25, 0.3) is 0 Å². The molecule has 0 radical (unpaired) electrons. The zero-order chi connectivity index (χ0) is 12.9. The van der Waals surface area contributed by atoms with E-state index in [9.17, 15) is 0 Å². The van der Waals surface area contributed by atoms with Crippen molar-refractivity contribution in [1.82, 2.24) is 15.1 Å². The summed E-state index contributed by atoms with van der Waals surface area (Å²) < 4.78 is 5.87. The molecule has 3 rings (SSSR count). The van der Waals surface area contributed by atoms with E-state index in [0.29, 0.717) is 0 Å². The van der Waals surface area contributed by atoms with Gasteiger partial charge in [0.15, 0.2) is 0 Å². The van der Waals surface area contributed by atoms with Gasteiger partial charge in [0, 0.05) is 25.8 Å². The van der Waals surface area contributed by atoms with Gasteiger partial charge in [-0.05, 0) is 17.5 Å². The van der Waals surface area contributed by atoms with Crippen molar-refractivity contribution in [3.63, 3.8) is 0 Å². The molecule has 4 heteroatoms. The Morgan fingerprint density at radius 1 is 1.32 bits per heavy atom. The highest BCUT2D eigenvalue weighted by Crippen LogP contribution is 2.21. The van der Waals surface area contributed by atoms with Crippen LogP contribution in [-0.2, 0) is 11.2 Å². The largest absolute Gasteiger partial charge is 0.371 e. The average molecular weight is 257 g/mol. The number of H-pyrrole nitrogens is 1. The topological polar surface area (TPSA) is 41.2 Å². The minimum absolute atomic E-state index is 0.208. The van der Waals surface area contributed by atoms with Crippen molar-refractivity contribution in [3.05, 3.63) is 53.9 Å². The van der Waals surface area contributed by atoms with E-state index in [1.165, 1.54) is 11.1 Å². The molecule has 100 valence electrons. The van der Waals surface area contributed by atoms with E-state index in [2.05, 4.69) is 39.4 Å². The maximum absolute atomic E-state index is 5.87. The summed E-state index contributed by atoms with van der Waals surface area (Å²) in [6.45, 7) is 3.86. The summed E-state index contributed by atoms with van der Waals surface area (Å²) in [4.78, 5) is 2.47. The quantitative estimate of drug-likeness (QED) is 0.911. The molecule has 0 bridgehead atoms. The number of aromatic nitrogens is 2. The van der Waals surface area contributed by atoms with Gasteiger partial charge in [0.05, 0.1) is 18.9 Å². The van der Waals surface area contributed by atoms with Crippen molar-refractivity contribution in [3.8, 4) is 0 Å². The fourth-order valence-electron chi connectivity index (χ4n) is 2.48. The Bertz CT molecular complexity index is 483. The van der Waals surface area contributed by atoms with Gasteiger partial charge < -0.3 is 4.74 Å². The van der Waals surface area contributed by atoms with E-state index in [4.69, 9.17) is 4.74 Å². The Labute approximate surface area is 113 Å². The molecule has 0 saturated carbocycles. The van der Waals surface area contributed by atoms with Crippen LogP contribution in [0.4, 0.5) is 0 Å². The highest BCUT2D eigenvalue weighted by Gasteiger charge is 2.21. The molecule has 1 aromatic heterocycles. The molecular weight excluding hydrogens is 238 g/mol. The fourth-order valence-corrected chi connectivity index (χ4v) is 2.48. The second-order valence-corrected chi connectivity index (χ2v) is 4.93. The average Bonchev–Trinajstić information content (AvgIpc) is 3.00. The second kappa shape index (κ2) is 5.99. The van der Waals surface area contributed by atoms with Gasteiger partial charge in [-0.1, -0.05) is 30.3 Å². The molecule has 1 aliphatic heterocycles. The predicted octanol–water partition coefficient (Wildman–Crippen LogP) is 2.03. The van der Waals surface area contributed by atoms with Crippen LogP contribution in [0, 0.1) is 0 Å². The molecule has 1 aliphatic rings. The van der Waals surface area contributed by atoms with E-state index in [0.717, 1.165) is 32.7 Å². The summed E-state index contributed by atoms with van der Waals surface area (Å²) in [5, 5.41) is 6.84. The summed E-state index contributed by atoms with van der Waals surface area (Å²) >= 11 is 0. The van der Waals surface area contributed by atoms with Gasteiger partial charge in [0.2, 0.25) is 0 Å². The highest BCUT2D eigenvalue weighted by molar-refractivity contribution is 5.18. The SMILES string of the molecule is c1ccc([C@H]2CN(CCc3cn[nH]c3)CCO2)cc1. The molecular formula is C15H19N3O. The lowest BCUT2D eigenvalue weighted by molar-refractivity contribution is -0.0295.